The monoisotopic (exact) mass is 253 g/mol. The summed E-state index contributed by atoms with van der Waals surface area (Å²) in [7, 11) is 0. The number of carbonyl (C=O) groups excluding carboxylic acids is 1. The first-order valence-corrected chi connectivity index (χ1v) is 7.05. The van der Waals surface area contributed by atoms with E-state index in [-0.39, 0.29) is 5.91 Å². The van der Waals surface area contributed by atoms with Gasteiger partial charge in [-0.2, -0.15) is 0 Å². The Labute approximate surface area is 106 Å². The molecule has 1 saturated heterocycles. The fraction of sp³-hybridized carbons (Fsp3) is 0.667. The van der Waals surface area contributed by atoms with Crippen LogP contribution in [0.3, 0.4) is 0 Å². The molecular weight excluding hydrogens is 234 g/mol. The first-order chi connectivity index (χ1) is 8.22. The van der Waals surface area contributed by atoms with Crippen molar-refractivity contribution in [3.8, 4) is 0 Å². The molecule has 0 saturated carbocycles. The lowest BCUT2D eigenvalue weighted by Crippen LogP contribution is -2.38. The van der Waals surface area contributed by atoms with E-state index in [9.17, 15) is 4.79 Å². The highest BCUT2D eigenvalue weighted by atomic mass is 32.1. The predicted molar refractivity (Wildman–Crippen MR) is 69.0 cm³/mol. The van der Waals surface area contributed by atoms with Crippen LogP contribution in [0.2, 0.25) is 0 Å². The van der Waals surface area contributed by atoms with Crippen LogP contribution >= 0.6 is 11.3 Å². The lowest BCUT2D eigenvalue weighted by molar-refractivity contribution is 0.0692. The zero-order chi connectivity index (χ0) is 12.3. The maximum atomic E-state index is 12.3. The number of rotatable bonds is 2. The summed E-state index contributed by atoms with van der Waals surface area (Å²) in [4.78, 5) is 18.6. The fourth-order valence-electron chi connectivity index (χ4n) is 2.23. The van der Waals surface area contributed by atoms with Gasteiger partial charge in [0.25, 0.3) is 5.91 Å². The molecule has 1 aromatic rings. The molecule has 17 heavy (non-hydrogen) atoms. The third-order valence-electron chi connectivity index (χ3n) is 3.26. The molecule has 1 aromatic heterocycles. The van der Waals surface area contributed by atoms with Gasteiger partial charge < -0.3 is 10.6 Å². The highest BCUT2D eigenvalue weighted by molar-refractivity contribution is 7.09. The Bertz CT molecular complexity index is 391. The molecule has 2 N–H and O–H groups in total. The summed E-state index contributed by atoms with van der Waals surface area (Å²) >= 11 is 1.46. The van der Waals surface area contributed by atoms with E-state index in [0.29, 0.717) is 18.3 Å². The molecular formula is C12H19N3OS. The zero-order valence-electron chi connectivity index (χ0n) is 10.2. The van der Waals surface area contributed by atoms with E-state index in [1.165, 1.54) is 24.2 Å². The molecule has 0 radical (unpaired) electrons. The lowest BCUT2D eigenvalue weighted by atomic mass is 10.1. The topological polar surface area (TPSA) is 59.2 Å². The van der Waals surface area contributed by atoms with Gasteiger partial charge >= 0.3 is 0 Å². The van der Waals surface area contributed by atoms with Gasteiger partial charge in [-0.1, -0.05) is 12.8 Å². The number of hydrogen-bond acceptors (Lipinski definition) is 4. The smallest absolute Gasteiger partial charge is 0.273 e. The molecule has 0 aliphatic carbocycles. The first kappa shape index (κ1) is 12.5. The summed E-state index contributed by atoms with van der Waals surface area (Å²) in [6.45, 7) is 3.39. The highest BCUT2D eigenvalue weighted by Crippen LogP contribution is 2.19. The molecule has 1 atom stereocenters. The van der Waals surface area contributed by atoms with Crippen molar-refractivity contribution in [3.63, 3.8) is 0 Å². The largest absolute Gasteiger partial charge is 0.335 e. The molecule has 1 fully saturated rings. The molecule has 0 aromatic carbocycles. The van der Waals surface area contributed by atoms with Crippen LogP contribution < -0.4 is 5.73 Å². The molecule has 0 bridgehead atoms. The maximum Gasteiger partial charge on any atom is 0.273 e. The summed E-state index contributed by atoms with van der Waals surface area (Å²) in [6.07, 6.45) is 4.64. The van der Waals surface area contributed by atoms with Crippen molar-refractivity contribution in [2.24, 2.45) is 5.73 Å². The van der Waals surface area contributed by atoms with E-state index in [4.69, 9.17) is 5.73 Å². The Morgan fingerprint density at radius 1 is 1.59 bits per heavy atom. The Kier molecular flexibility index (Phi) is 4.12. The molecule has 4 nitrogen and oxygen atoms in total. The SMILES string of the molecule is CC1CCCCCN1C(=O)c1csc(CN)n1. The highest BCUT2D eigenvalue weighted by Gasteiger charge is 2.24. The molecule has 94 valence electrons. The van der Waals surface area contributed by atoms with Gasteiger partial charge in [0.1, 0.15) is 10.7 Å². The van der Waals surface area contributed by atoms with Gasteiger partial charge in [-0.3, -0.25) is 4.79 Å². The van der Waals surface area contributed by atoms with Crippen LogP contribution in [0, 0.1) is 0 Å². The van der Waals surface area contributed by atoms with Gasteiger partial charge in [-0.15, -0.1) is 11.3 Å². The van der Waals surface area contributed by atoms with Crippen molar-refractivity contribution in [1.82, 2.24) is 9.88 Å². The number of aromatic nitrogens is 1. The van der Waals surface area contributed by atoms with Crippen molar-refractivity contribution in [2.75, 3.05) is 6.54 Å². The molecule has 2 heterocycles. The van der Waals surface area contributed by atoms with Crippen LogP contribution in [-0.2, 0) is 6.54 Å². The number of likely N-dealkylation sites (tertiary alicyclic amines) is 1. The summed E-state index contributed by atoms with van der Waals surface area (Å²) in [5, 5.41) is 2.65. The van der Waals surface area contributed by atoms with Gasteiger partial charge in [0.2, 0.25) is 0 Å². The Hall–Kier alpha value is -0.940. The van der Waals surface area contributed by atoms with E-state index in [2.05, 4.69) is 11.9 Å². The summed E-state index contributed by atoms with van der Waals surface area (Å²) in [6, 6.07) is 0.327. The number of nitrogens with zero attached hydrogens (tertiary/aromatic N) is 2. The number of nitrogens with two attached hydrogens (primary N) is 1. The molecule has 1 amide bonds. The van der Waals surface area contributed by atoms with Gasteiger partial charge in [0, 0.05) is 24.5 Å². The van der Waals surface area contributed by atoms with E-state index in [0.717, 1.165) is 24.4 Å². The third kappa shape index (κ3) is 2.84. The average molecular weight is 253 g/mol. The quantitative estimate of drug-likeness (QED) is 0.877. The molecule has 2 rings (SSSR count). The minimum Gasteiger partial charge on any atom is -0.335 e. The summed E-state index contributed by atoms with van der Waals surface area (Å²) < 4.78 is 0. The molecule has 1 unspecified atom stereocenters. The van der Waals surface area contributed by atoms with E-state index >= 15 is 0 Å². The van der Waals surface area contributed by atoms with E-state index in [1.54, 1.807) is 0 Å². The van der Waals surface area contributed by atoms with Crippen LogP contribution in [0.5, 0.6) is 0 Å². The number of thiazole rings is 1. The van der Waals surface area contributed by atoms with Crippen molar-refractivity contribution in [2.45, 2.75) is 45.2 Å². The third-order valence-corrected chi connectivity index (χ3v) is 4.13. The minimum atomic E-state index is 0.0651. The molecule has 5 heteroatoms. The van der Waals surface area contributed by atoms with Crippen molar-refractivity contribution < 1.29 is 4.79 Å². The van der Waals surface area contributed by atoms with Gasteiger partial charge in [0.05, 0.1) is 0 Å². The number of carbonyl (C=O) groups is 1. The number of hydrogen-bond donors (Lipinski definition) is 1. The lowest BCUT2D eigenvalue weighted by Gasteiger charge is -2.26. The second-order valence-corrected chi connectivity index (χ2v) is 5.47. The molecule has 1 aliphatic rings. The van der Waals surface area contributed by atoms with Crippen LogP contribution in [0.15, 0.2) is 5.38 Å². The Balaban J connectivity index is 2.12. The Morgan fingerprint density at radius 2 is 2.41 bits per heavy atom. The van der Waals surface area contributed by atoms with Gasteiger partial charge in [-0.05, 0) is 19.8 Å². The zero-order valence-corrected chi connectivity index (χ0v) is 11.0. The van der Waals surface area contributed by atoms with Gasteiger partial charge in [-0.25, -0.2) is 4.98 Å². The average Bonchev–Trinajstić information content (AvgIpc) is 2.71. The summed E-state index contributed by atoms with van der Waals surface area (Å²) in [5.41, 5.74) is 6.08. The van der Waals surface area contributed by atoms with E-state index < -0.39 is 0 Å². The molecule has 1 aliphatic heterocycles. The second kappa shape index (κ2) is 5.60. The fourth-order valence-corrected chi connectivity index (χ4v) is 2.88. The second-order valence-electron chi connectivity index (χ2n) is 4.53. The van der Waals surface area contributed by atoms with Crippen LogP contribution in [-0.4, -0.2) is 28.4 Å². The van der Waals surface area contributed by atoms with Crippen molar-refractivity contribution >= 4 is 17.2 Å². The Morgan fingerprint density at radius 3 is 3.12 bits per heavy atom. The normalized spacial score (nSPS) is 21.3. The standard InChI is InChI=1S/C12H19N3OS/c1-9-5-3-2-4-6-15(9)12(16)10-8-17-11(7-13)14-10/h8-9H,2-7,13H2,1H3. The predicted octanol–water partition coefficient (Wildman–Crippen LogP) is 2.01. The summed E-state index contributed by atoms with van der Waals surface area (Å²) in [5.74, 6) is 0.0651. The van der Waals surface area contributed by atoms with Gasteiger partial charge in [0.15, 0.2) is 0 Å². The number of amides is 1. The maximum absolute atomic E-state index is 12.3. The van der Waals surface area contributed by atoms with Crippen LogP contribution in [0.25, 0.3) is 0 Å². The van der Waals surface area contributed by atoms with Crippen molar-refractivity contribution in [1.29, 1.82) is 0 Å². The van der Waals surface area contributed by atoms with Crippen LogP contribution in [0.1, 0.15) is 48.1 Å². The first-order valence-electron chi connectivity index (χ1n) is 6.18. The molecule has 0 spiro atoms. The van der Waals surface area contributed by atoms with Crippen LogP contribution in [0.4, 0.5) is 0 Å². The minimum absolute atomic E-state index is 0.0651. The van der Waals surface area contributed by atoms with E-state index in [1.807, 2.05) is 10.3 Å². The van der Waals surface area contributed by atoms with Crippen molar-refractivity contribution in [3.05, 3.63) is 16.1 Å².